The van der Waals surface area contributed by atoms with E-state index in [9.17, 15) is 0 Å². The van der Waals surface area contributed by atoms with Crippen LogP contribution < -0.4 is 24.4 Å². The first-order valence-electron chi connectivity index (χ1n) is 3.27. The zero-order valence-electron chi connectivity index (χ0n) is 6.97. The van der Waals surface area contributed by atoms with Crippen molar-refractivity contribution in [3.63, 3.8) is 0 Å². The summed E-state index contributed by atoms with van der Waals surface area (Å²) in [4.78, 5) is 0. The first-order chi connectivity index (χ1) is 6.34. The van der Waals surface area contributed by atoms with E-state index < -0.39 is 10.2 Å². The zero-order chi connectivity index (χ0) is 11.2. The molecule has 0 saturated heterocycles. The molecule has 0 aliphatic rings. The molecule has 1 aromatic rings. The second-order valence-electron chi connectivity index (χ2n) is 2.15. The third-order valence-corrected chi connectivity index (χ3v) is 1.14. The lowest BCUT2D eigenvalue weighted by atomic mass is 10.2. The van der Waals surface area contributed by atoms with Crippen molar-refractivity contribution in [2.45, 2.75) is 0 Å². The fourth-order valence-electron chi connectivity index (χ4n) is 0.629. The lowest BCUT2D eigenvalue weighted by Crippen LogP contribution is -2.68. The molecule has 14 heavy (non-hydrogen) atoms. The normalized spacial score (nSPS) is 9.71. The summed E-state index contributed by atoms with van der Waals surface area (Å²) in [5.74, 6) is 0. The lowest BCUT2D eigenvalue weighted by Gasteiger charge is -2.17. The highest BCUT2D eigenvalue weighted by molar-refractivity contribution is 5.46. The molecule has 0 amide bonds. The standard InChI is InChI=1S/C7H6N2.ClHO4/c8-5-6-3-1-2-4-7(6)9;2-1(3,4)5/h1-4H,9H2;(H,2,3,4,5). The van der Waals surface area contributed by atoms with Gasteiger partial charge >= 0.3 is 0 Å². The van der Waals surface area contributed by atoms with Gasteiger partial charge in [-0.05, 0) is 6.07 Å². The molecule has 0 saturated carbocycles. The third-order valence-electron chi connectivity index (χ3n) is 1.14. The number of hydrogen-bond acceptors (Lipinski definition) is 5. The van der Waals surface area contributed by atoms with Crippen LogP contribution in [0.5, 0.6) is 0 Å². The van der Waals surface area contributed by atoms with Gasteiger partial charge in [0.25, 0.3) is 0 Å². The largest absolute Gasteiger partial charge is 0.324 e. The van der Waals surface area contributed by atoms with Gasteiger partial charge in [-0.15, -0.1) is 10.2 Å². The Morgan fingerprint density at radius 1 is 1.14 bits per heavy atom. The Bertz CT molecular complexity index is 325. The highest BCUT2D eigenvalue weighted by Crippen LogP contribution is 2.04. The lowest BCUT2D eigenvalue weighted by molar-refractivity contribution is -2.00. The molecule has 3 N–H and O–H groups in total. The molecule has 0 bridgehead atoms. The first kappa shape index (κ1) is 12.8. The molecule has 0 fully saturated rings. The second-order valence-corrected chi connectivity index (χ2v) is 2.90. The fourth-order valence-corrected chi connectivity index (χ4v) is 0.629. The maximum absolute atomic E-state index is 8.49. The number of rotatable bonds is 0. The molecule has 0 aliphatic heterocycles. The number of hydrogen-bond donors (Lipinski definition) is 1. The molecular formula is C7H7ClN2O4. The van der Waals surface area contributed by atoms with Crippen LogP contribution in [0.4, 0.5) is 5.69 Å². The van der Waals surface area contributed by atoms with Crippen molar-refractivity contribution in [2.24, 2.45) is 0 Å². The number of nitrogens with zero attached hydrogens (tertiary/aromatic N) is 1. The van der Waals surface area contributed by atoms with Crippen molar-refractivity contribution in [1.29, 1.82) is 5.26 Å². The average molecular weight is 219 g/mol. The summed E-state index contributed by atoms with van der Waals surface area (Å²) in [5.41, 5.74) is 5.11. The summed E-state index contributed by atoms with van der Waals surface area (Å²) < 4.78 is 34.0. The average Bonchev–Trinajstić information content (AvgIpc) is 2.02. The predicted octanol–water partition coefficient (Wildman–Crippen LogP) is -4.32. The van der Waals surface area contributed by atoms with Gasteiger partial charge in [0.2, 0.25) is 0 Å². The summed E-state index contributed by atoms with van der Waals surface area (Å²) in [7, 11) is -4.94. The third kappa shape index (κ3) is 7.45. The van der Waals surface area contributed by atoms with E-state index in [-0.39, 0.29) is 0 Å². The number of quaternary nitrogens is 1. The minimum atomic E-state index is -4.94. The Kier molecular flexibility index (Phi) is 5.04. The summed E-state index contributed by atoms with van der Waals surface area (Å²) in [5, 5.41) is 8.43. The minimum Gasteiger partial charge on any atom is -0.324 e. The highest BCUT2D eigenvalue weighted by Gasteiger charge is 1.95. The molecule has 76 valence electrons. The van der Waals surface area contributed by atoms with E-state index in [2.05, 4.69) is 5.73 Å². The number of halogens is 1. The molecule has 6 nitrogen and oxygen atoms in total. The molecular weight excluding hydrogens is 212 g/mol. The predicted molar refractivity (Wildman–Crippen MR) is 33.7 cm³/mol. The topological polar surface area (TPSA) is 144 Å². The van der Waals surface area contributed by atoms with Gasteiger partial charge in [-0.1, -0.05) is 12.1 Å². The van der Waals surface area contributed by atoms with Gasteiger partial charge in [-0.25, -0.2) is 18.6 Å². The van der Waals surface area contributed by atoms with Gasteiger partial charge in [0.05, 0.1) is 0 Å². The van der Waals surface area contributed by atoms with Crippen LogP contribution >= 0.6 is 0 Å². The Morgan fingerprint density at radius 3 is 1.86 bits per heavy atom. The van der Waals surface area contributed by atoms with E-state index in [1.54, 1.807) is 6.07 Å². The van der Waals surface area contributed by atoms with E-state index in [0.29, 0.717) is 5.56 Å². The monoisotopic (exact) mass is 218 g/mol. The van der Waals surface area contributed by atoms with Crippen LogP contribution in [-0.4, -0.2) is 0 Å². The van der Waals surface area contributed by atoms with Crippen molar-refractivity contribution >= 4 is 5.69 Å². The van der Waals surface area contributed by atoms with Gasteiger partial charge < -0.3 is 5.73 Å². The van der Waals surface area contributed by atoms with Crippen LogP contribution in [0, 0.1) is 21.6 Å². The highest BCUT2D eigenvalue weighted by atomic mass is 35.7. The molecule has 1 aromatic carbocycles. The van der Waals surface area contributed by atoms with Gasteiger partial charge in [0.1, 0.15) is 17.3 Å². The van der Waals surface area contributed by atoms with Crippen LogP contribution in [0.15, 0.2) is 24.3 Å². The van der Waals surface area contributed by atoms with E-state index in [1.165, 1.54) is 0 Å². The molecule has 1 rings (SSSR count). The van der Waals surface area contributed by atoms with E-state index in [1.807, 2.05) is 24.3 Å². The Balaban J connectivity index is 0.000000292. The quantitative estimate of drug-likeness (QED) is 0.468. The molecule has 0 spiro atoms. The van der Waals surface area contributed by atoms with Gasteiger partial charge in [-0.3, -0.25) is 0 Å². The van der Waals surface area contributed by atoms with Crippen LogP contribution in [0.25, 0.3) is 0 Å². The van der Waals surface area contributed by atoms with Crippen molar-refractivity contribution in [3.8, 4) is 6.07 Å². The summed E-state index contributed by atoms with van der Waals surface area (Å²) in [6.45, 7) is 0. The maximum Gasteiger partial charge on any atom is 0.145 e. The van der Waals surface area contributed by atoms with Crippen LogP contribution in [0.3, 0.4) is 0 Å². The van der Waals surface area contributed by atoms with Crippen molar-refractivity contribution in [2.75, 3.05) is 0 Å². The number of nitriles is 1. The zero-order valence-corrected chi connectivity index (χ0v) is 7.73. The number of benzene rings is 1. The molecule has 0 radical (unpaired) electrons. The maximum atomic E-state index is 8.49. The Morgan fingerprint density at radius 2 is 1.57 bits per heavy atom. The molecule has 0 atom stereocenters. The summed E-state index contributed by atoms with van der Waals surface area (Å²) >= 11 is 0. The SMILES string of the molecule is N#Cc1ccccc1[NH3+].[O-][Cl+3]([O-])([O-])[O-]. The first-order valence-corrected chi connectivity index (χ1v) is 4.51. The van der Waals surface area contributed by atoms with Crippen molar-refractivity contribution in [1.82, 2.24) is 0 Å². The van der Waals surface area contributed by atoms with Gasteiger partial charge in [0.15, 0.2) is 0 Å². The molecule has 0 heterocycles. The Hall–Kier alpha value is -1.20. The van der Waals surface area contributed by atoms with Crippen LogP contribution in [0.2, 0.25) is 0 Å². The summed E-state index contributed by atoms with van der Waals surface area (Å²) in [6, 6.07) is 9.29. The molecule has 0 unspecified atom stereocenters. The van der Waals surface area contributed by atoms with E-state index in [4.69, 9.17) is 23.9 Å². The second kappa shape index (κ2) is 5.51. The van der Waals surface area contributed by atoms with Crippen LogP contribution in [0.1, 0.15) is 5.56 Å². The summed E-state index contributed by atoms with van der Waals surface area (Å²) in [6.07, 6.45) is 0. The van der Waals surface area contributed by atoms with Gasteiger partial charge in [0, 0.05) is 6.07 Å². The van der Waals surface area contributed by atoms with Crippen molar-refractivity contribution < 1.29 is 34.6 Å². The van der Waals surface area contributed by atoms with E-state index in [0.717, 1.165) is 5.69 Å². The van der Waals surface area contributed by atoms with E-state index >= 15 is 0 Å². The smallest absolute Gasteiger partial charge is 0.145 e. The fraction of sp³-hybridized carbons (Fsp3) is 0. The van der Waals surface area contributed by atoms with Gasteiger partial charge in [-0.2, -0.15) is 5.26 Å². The van der Waals surface area contributed by atoms with Crippen LogP contribution in [-0.2, 0) is 0 Å². The minimum absolute atomic E-state index is 0.650. The molecule has 0 aromatic heterocycles. The molecule has 7 heteroatoms. The van der Waals surface area contributed by atoms with Crippen molar-refractivity contribution in [3.05, 3.63) is 29.8 Å². The Labute approximate surface area is 82.2 Å². The molecule has 0 aliphatic carbocycles.